The lowest BCUT2D eigenvalue weighted by atomic mass is 10.1. The fourth-order valence-electron chi connectivity index (χ4n) is 2.91. The molecule has 1 heterocycles. The zero-order valence-corrected chi connectivity index (χ0v) is 12.5. The second-order valence-electron chi connectivity index (χ2n) is 5.50. The predicted octanol–water partition coefficient (Wildman–Crippen LogP) is 3.94. The Kier molecular flexibility index (Phi) is 4.43. The van der Waals surface area contributed by atoms with Crippen LogP contribution >= 0.6 is 11.8 Å². The first-order valence-corrected chi connectivity index (χ1v) is 8.45. The number of nitrogens with zero attached hydrogens (tertiary/aromatic N) is 1. The summed E-state index contributed by atoms with van der Waals surface area (Å²) in [5.41, 5.74) is 4.94. The Hall–Kier alpha value is -1.26. The summed E-state index contributed by atoms with van der Waals surface area (Å²) in [5.74, 6) is 9.58. The number of benzene rings is 1. The van der Waals surface area contributed by atoms with E-state index in [1.807, 2.05) is 23.9 Å². The number of nitrogens with two attached hydrogens (primary N) is 1. The highest BCUT2D eigenvalue weighted by molar-refractivity contribution is 7.98. The van der Waals surface area contributed by atoms with Crippen LogP contribution in [0.5, 0.6) is 0 Å². The number of thioether (sulfide) groups is 1. The minimum Gasteiger partial charge on any atom is -0.308 e. The van der Waals surface area contributed by atoms with Gasteiger partial charge in [-0.05, 0) is 36.6 Å². The molecule has 0 radical (unpaired) electrons. The van der Waals surface area contributed by atoms with Gasteiger partial charge in [0, 0.05) is 16.7 Å². The van der Waals surface area contributed by atoms with Gasteiger partial charge in [0.1, 0.15) is 5.82 Å². The van der Waals surface area contributed by atoms with Crippen molar-refractivity contribution >= 4 is 28.5 Å². The van der Waals surface area contributed by atoms with Crippen molar-refractivity contribution < 1.29 is 0 Å². The highest BCUT2D eigenvalue weighted by atomic mass is 32.2. The molecule has 20 heavy (non-hydrogen) atoms. The first-order valence-electron chi connectivity index (χ1n) is 7.30. The van der Waals surface area contributed by atoms with E-state index in [9.17, 15) is 0 Å². The van der Waals surface area contributed by atoms with E-state index in [2.05, 4.69) is 28.6 Å². The quantitative estimate of drug-likeness (QED) is 0.646. The largest absolute Gasteiger partial charge is 0.308 e. The molecule has 3 rings (SSSR count). The first kappa shape index (κ1) is 13.7. The Bertz CT molecular complexity index is 579. The number of para-hydroxylation sites is 1. The molecule has 106 valence electrons. The summed E-state index contributed by atoms with van der Waals surface area (Å²) in [6.07, 6.45) is 5.65. The van der Waals surface area contributed by atoms with Crippen LogP contribution in [0.4, 0.5) is 5.82 Å². The number of nitrogen functional groups attached to an aromatic ring is 1. The third-order valence-electron chi connectivity index (χ3n) is 4.03. The summed E-state index contributed by atoms with van der Waals surface area (Å²) in [6.45, 7) is 0. The molecule has 4 heteroatoms. The maximum atomic E-state index is 5.61. The van der Waals surface area contributed by atoms with Crippen LogP contribution in [0.3, 0.4) is 0 Å². The standard InChI is InChI=1S/C16H21N3S/c17-19-16-14(11-20-10-12-5-1-2-6-12)9-13-7-3-4-8-15(13)18-16/h3-4,7-9,12H,1-2,5-6,10-11,17H2,(H,18,19). The van der Waals surface area contributed by atoms with E-state index < -0.39 is 0 Å². The zero-order valence-electron chi connectivity index (χ0n) is 11.6. The monoisotopic (exact) mass is 287 g/mol. The van der Waals surface area contributed by atoms with Gasteiger partial charge < -0.3 is 5.43 Å². The molecule has 0 saturated heterocycles. The lowest BCUT2D eigenvalue weighted by Crippen LogP contribution is -2.11. The van der Waals surface area contributed by atoms with Gasteiger partial charge in [0.15, 0.2) is 0 Å². The summed E-state index contributed by atoms with van der Waals surface area (Å²) < 4.78 is 0. The zero-order chi connectivity index (χ0) is 13.8. The van der Waals surface area contributed by atoms with Crippen LogP contribution in [0.2, 0.25) is 0 Å². The molecule has 0 atom stereocenters. The number of fused-ring (bicyclic) bond motifs is 1. The van der Waals surface area contributed by atoms with E-state index in [4.69, 9.17) is 5.84 Å². The van der Waals surface area contributed by atoms with Gasteiger partial charge in [-0.1, -0.05) is 31.0 Å². The number of rotatable bonds is 5. The summed E-state index contributed by atoms with van der Waals surface area (Å²) >= 11 is 2.01. The van der Waals surface area contributed by atoms with Crippen LogP contribution in [0, 0.1) is 5.92 Å². The van der Waals surface area contributed by atoms with Gasteiger partial charge in [-0.25, -0.2) is 10.8 Å². The number of anilines is 1. The summed E-state index contributed by atoms with van der Waals surface area (Å²) in [7, 11) is 0. The Morgan fingerprint density at radius 3 is 2.85 bits per heavy atom. The molecule has 3 nitrogen and oxygen atoms in total. The van der Waals surface area contributed by atoms with Gasteiger partial charge in [0.25, 0.3) is 0 Å². The Balaban J connectivity index is 1.72. The topological polar surface area (TPSA) is 50.9 Å². The average Bonchev–Trinajstić information content (AvgIpc) is 3.00. The number of nitrogens with one attached hydrogen (secondary N) is 1. The average molecular weight is 287 g/mol. The van der Waals surface area contributed by atoms with Gasteiger partial charge in [-0.2, -0.15) is 11.8 Å². The van der Waals surface area contributed by atoms with Gasteiger partial charge >= 0.3 is 0 Å². The molecule has 2 aromatic rings. The Labute approximate surface area is 124 Å². The van der Waals surface area contributed by atoms with Crippen molar-refractivity contribution in [3.63, 3.8) is 0 Å². The normalized spacial score (nSPS) is 15.8. The number of pyridine rings is 1. The van der Waals surface area contributed by atoms with Crippen LogP contribution in [-0.2, 0) is 5.75 Å². The van der Waals surface area contributed by atoms with Crippen LogP contribution in [0.15, 0.2) is 30.3 Å². The van der Waals surface area contributed by atoms with Crippen molar-refractivity contribution in [2.45, 2.75) is 31.4 Å². The molecule has 1 fully saturated rings. The van der Waals surface area contributed by atoms with Crippen molar-refractivity contribution in [3.8, 4) is 0 Å². The molecule has 1 aliphatic carbocycles. The van der Waals surface area contributed by atoms with Crippen molar-refractivity contribution in [2.75, 3.05) is 11.2 Å². The highest BCUT2D eigenvalue weighted by Crippen LogP contribution is 2.30. The molecule has 0 amide bonds. The summed E-state index contributed by atoms with van der Waals surface area (Å²) in [6, 6.07) is 10.4. The third-order valence-corrected chi connectivity index (χ3v) is 5.25. The fraction of sp³-hybridized carbons (Fsp3) is 0.438. The second kappa shape index (κ2) is 6.46. The molecule has 1 aromatic carbocycles. The molecule has 0 bridgehead atoms. The molecule has 0 spiro atoms. The molecular formula is C16H21N3S. The van der Waals surface area contributed by atoms with Crippen molar-refractivity contribution in [1.29, 1.82) is 0 Å². The van der Waals surface area contributed by atoms with Gasteiger partial charge in [-0.15, -0.1) is 0 Å². The fourth-order valence-corrected chi connectivity index (χ4v) is 4.13. The van der Waals surface area contributed by atoms with Crippen LogP contribution < -0.4 is 11.3 Å². The van der Waals surface area contributed by atoms with E-state index in [0.717, 1.165) is 23.0 Å². The number of hydrogen-bond donors (Lipinski definition) is 2. The van der Waals surface area contributed by atoms with Gasteiger partial charge in [-0.3, -0.25) is 0 Å². The highest BCUT2D eigenvalue weighted by Gasteiger charge is 2.15. The molecule has 0 unspecified atom stereocenters. The van der Waals surface area contributed by atoms with Crippen LogP contribution in [0.1, 0.15) is 31.2 Å². The minimum absolute atomic E-state index is 0.808. The molecule has 1 aromatic heterocycles. The van der Waals surface area contributed by atoms with E-state index in [-0.39, 0.29) is 0 Å². The van der Waals surface area contributed by atoms with Crippen LogP contribution in [0.25, 0.3) is 10.9 Å². The Morgan fingerprint density at radius 2 is 2.05 bits per heavy atom. The number of hydrogen-bond acceptors (Lipinski definition) is 4. The van der Waals surface area contributed by atoms with Crippen molar-refractivity contribution in [2.24, 2.45) is 11.8 Å². The Morgan fingerprint density at radius 1 is 1.25 bits per heavy atom. The smallest absolute Gasteiger partial charge is 0.144 e. The van der Waals surface area contributed by atoms with E-state index in [1.165, 1.54) is 42.4 Å². The van der Waals surface area contributed by atoms with Crippen molar-refractivity contribution in [1.82, 2.24) is 4.98 Å². The lowest BCUT2D eigenvalue weighted by Gasteiger charge is -2.12. The molecular weight excluding hydrogens is 266 g/mol. The molecule has 1 aliphatic rings. The first-order chi connectivity index (χ1) is 9.86. The van der Waals surface area contributed by atoms with Gasteiger partial charge in [0.05, 0.1) is 5.52 Å². The van der Waals surface area contributed by atoms with E-state index in [0.29, 0.717) is 0 Å². The predicted molar refractivity (Wildman–Crippen MR) is 87.7 cm³/mol. The summed E-state index contributed by atoms with van der Waals surface area (Å²) in [4.78, 5) is 4.59. The number of hydrazine groups is 1. The van der Waals surface area contributed by atoms with Crippen molar-refractivity contribution in [3.05, 3.63) is 35.9 Å². The molecule has 3 N–H and O–H groups in total. The van der Waals surface area contributed by atoms with E-state index >= 15 is 0 Å². The van der Waals surface area contributed by atoms with E-state index in [1.54, 1.807) is 0 Å². The van der Waals surface area contributed by atoms with Crippen LogP contribution in [-0.4, -0.2) is 10.7 Å². The SMILES string of the molecule is NNc1nc2ccccc2cc1CSCC1CCCC1. The van der Waals surface area contributed by atoms with Gasteiger partial charge in [0.2, 0.25) is 0 Å². The molecule has 0 aliphatic heterocycles. The second-order valence-corrected chi connectivity index (χ2v) is 6.53. The maximum Gasteiger partial charge on any atom is 0.144 e. The maximum absolute atomic E-state index is 5.61. The lowest BCUT2D eigenvalue weighted by molar-refractivity contribution is 0.623. The third kappa shape index (κ3) is 3.07. The minimum atomic E-state index is 0.808. The molecule has 1 saturated carbocycles. The summed E-state index contributed by atoms with van der Waals surface area (Å²) in [5, 5.41) is 1.18. The number of aromatic nitrogens is 1.